The third-order valence-corrected chi connectivity index (χ3v) is 2.29. The number of benzene rings is 1. The first-order valence-corrected chi connectivity index (χ1v) is 5.32. The van der Waals surface area contributed by atoms with E-state index in [0.717, 1.165) is 16.8 Å². The molecule has 0 heterocycles. The lowest BCUT2D eigenvalue weighted by Crippen LogP contribution is -2.16. The topological polar surface area (TPSA) is 76.7 Å². The number of nitrogens with two attached hydrogens (primary N) is 1. The number of hydrogen-bond donors (Lipinski definition) is 2. The summed E-state index contributed by atoms with van der Waals surface area (Å²) in [5.74, 6) is 0. The molecule has 0 saturated carbocycles. The van der Waals surface area contributed by atoms with Gasteiger partial charge in [0.2, 0.25) is 0 Å². The fourth-order valence-corrected chi connectivity index (χ4v) is 1.29. The summed E-state index contributed by atoms with van der Waals surface area (Å²) in [6.07, 6.45) is -0.616. The highest BCUT2D eigenvalue weighted by atomic mass is 16.7. The highest BCUT2D eigenvalue weighted by molar-refractivity contribution is 5.88. The first-order valence-electron chi connectivity index (χ1n) is 5.32. The van der Waals surface area contributed by atoms with Crippen LogP contribution in [0.1, 0.15) is 18.1 Å². The minimum absolute atomic E-state index is 0.261. The highest BCUT2D eigenvalue weighted by Crippen LogP contribution is 2.19. The zero-order valence-electron chi connectivity index (χ0n) is 10.3. The molecule has 5 heteroatoms. The predicted molar refractivity (Wildman–Crippen MR) is 68.2 cm³/mol. The van der Waals surface area contributed by atoms with Crippen molar-refractivity contribution in [1.29, 1.82) is 0 Å². The van der Waals surface area contributed by atoms with Crippen LogP contribution in [0.5, 0.6) is 0 Å². The van der Waals surface area contributed by atoms with E-state index in [1.807, 2.05) is 32.0 Å². The van der Waals surface area contributed by atoms with Gasteiger partial charge in [-0.3, -0.25) is 10.2 Å². The van der Waals surface area contributed by atoms with Gasteiger partial charge in [0.25, 0.3) is 0 Å². The molecule has 92 valence electrons. The second kappa shape index (κ2) is 6.00. The maximum absolute atomic E-state index is 11.5. The van der Waals surface area contributed by atoms with Crippen LogP contribution in [-0.4, -0.2) is 18.3 Å². The molecule has 0 aliphatic carbocycles. The molecule has 1 aromatic carbocycles. The van der Waals surface area contributed by atoms with Crippen LogP contribution < -0.4 is 11.1 Å². The minimum atomic E-state index is -0.616. The molecule has 5 nitrogen and oxygen atoms in total. The lowest BCUT2D eigenvalue weighted by Gasteiger charge is -2.09. The molecule has 0 bridgehead atoms. The van der Waals surface area contributed by atoms with Gasteiger partial charge >= 0.3 is 6.09 Å². The molecular formula is C12H17N3O2. The third-order valence-electron chi connectivity index (χ3n) is 2.29. The molecule has 0 saturated heterocycles. The number of rotatable bonds is 3. The Balaban J connectivity index is 2.69. The van der Waals surface area contributed by atoms with Gasteiger partial charge in [-0.2, -0.15) is 0 Å². The minimum Gasteiger partial charge on any atom is -0.325 e. The van der Waals surface area contributed by atoms with Crippen LogP contribution in [0.2, 0.25) is 0 Å². The Morgan fingerprint density at radius 3 is 2.53 bits per heavy atom. The molecule has 0 unspecified atom stereocenters. The Hall–Kier alpha value is -1.88. The molecule has 17 heavy (non-hydrogen) atoms. The van der Waals surface area contributed by atoms with E-state index in [0.29, 0.717) is 5.71 Å². The number of nitrogens with one attached hydrogen (secondary N) is 1. The van der Waals surface area contributed by atoms with Crippen molar-refractivity contribution in [3.63, 3.8) is 0 Å². The van der Waals surface area contributed by atoms with E-state index < -0.39 is 6.09 Å². The van der Waals surface area contributed by atoms with Crippen molar-refractivity contribution in [3.8, 4) is 0 Å². The van der Waals surface area contributed by atoms with Crippen LogP contribution in [0.25, 0.3) is 0 Å². The maximum Gasteiger partial charge on any atom is 0.437 e. The SMILES string of the molecule is C/C(CN)=N\OC(=O)Nc1c(C)cccc1C. The summed E-state index contributed by atoms with van der Waals surface area (Å²) in [6.45, 7) is 5.77. The van der Waals surface area contributed by atoms with Gasteiger partial charge < -0.3 is 5.73 Å². The number of carbonyl (C=O) groups excluding carboxylic acids is 1. The average molecular weight is 235 g/mol. The van der Waals surface area contributed by atoms with Crippen LogP contribution in [0.15, 0.2) is 23.4 Å². The number of amides is 1. The highest BCUT2D eigenvalue weighted by Gasteiger charge is 2.07. The van der Waals surface area contributed by atoms with E-state index in [1.165, 1.54) is 0 Å². The predicted octanol–water partition coefficient (Wildman–Crippen LogP) is 2.19. The molecule has 0 aliphatic heterocycles. The van der Waals surface area contributed by atoms with Crippen LogP contribution in [0, 0.1) is 13.8 Å². The van der Waals surface area contributed by atoms with Gasteiger partial charge in [-0.15, -0.1) is 0 Å². The molecule has 0 radical (unpaired) electrons. The van der Waals surface area contributed by atoms with E-state index in [9.17, 15) is 4.79 Å². The van der Waals surface area contributed by atoms with Crippen molar-refractivity contribution in [3.05, 3.63) is 29.3 Å². The molecule has 0 fully saturated rings. The smallest absolute Gasteiger partial charge is 0.325 e. The fourth-order valence-electron chi connectivity index (χ4n) is 1.29. The molecule has 0 spiro atoms. The Labute approximate surface area is 101 Å². The van der Waals surface area contributed by atoms with Gasteiger partial charge in [0, 0.05) is 12.2 Å². The molecule has 1 rings (SSSR count). The fraction of sp³-hybridized carbons (Fsp3) is 0.333. The quantitative estimate of drug-likeness (QED) is 0.479. The summed E-state index contributed by atoms with van der Waals surface area (Å²) in [6, 6.07) is 5.76. The Bertz CT molecular complexity index is 421. The number of hydrogen-bond acceptors (Lipinski definition) is 4. The summed E-state index contributed by atoms with van der Waals surface area (Å²) >= 11 is 0. The summed E-state index contributed by atoms with van der Waals surface area (Å²) < 4.78 is 0. The van der Waals surface area contributed by atoms with Crippen molar-refractivity contribution in [2.24, 2.45) is 10.9 Å². The second-order valence-electron chi connectivity index (χ2n) is 3.80. The standard InChI is InChI=1S/C12H17N3O2/c1-8-5-4-6-9(2)11(8)14-12(16)17-15-10(3)7-13/h4-6H,7,13H2,1-3H3,(H,14,16)/b15-10+. The molecule has 1 amide bonds. The van der Waals surface area contributed by atoms with Gasteiger partial charge in [-0.1, -0.05) is 23.4 Å². The van der Waals surface area contributed by atoms with E-state index in [2.05, 4.69) is 15.3 Å². The largest absolute Gasteiger partial charge is 0.437 e. The van der Waals surface area contributed by atoms with E-state index >= 15 is 0 Å². The molecule has 0 aromatic heterocycles. The summed E-state index contributed by atoms with van der Waals surface area (Å²) in [7, 11) is 0. The first kappa shape index (κ1) is 13.2. The first-order chi connectivity index (χ1) is 8.04. The number of nitrogens with zero attached hydrogens (tertiary/aromatic N) is 1. The number of aryl methyl sites for hydroxylation is 2. The molecular weight excluding hydrogens is 218 g/mol. The lowest BCUT2D eigenvalue weighted by atomic mass is 10.1. The van der Waals surface area contributed by atoms with Crippen LogP contribution in [-0.2, 0) is 4.84 Å². The van der Waals surface area contributed by atoms with E-state index in [1.54, 1.807) is 6.92 Å². The number of anilines is 1. The monoisotopic (exact) mass is 235 g/mol. The van der Waals surface area contributed by atoms with Crippen LogP contribution >= 0.6 is 0 Å². The Kier molecular flexibility index (Phi) is 4.66. The van der Waals surface area contributed by atoms with E-state index in [-0.39, 0.29) is 6.54 Å². The molecule has 1 aromatic rings. The van der Waals surface area contributed by atoms with Crippen molar-refractivity contribution < 1.29 is 9.63 Å². The van der Waals surface area contributed by atoms with Crippen molar-refractivity contribution >= 4 is 17.5 Å². The van der Waals surface area contributed by atoms with Crippen LogP contribution in [0.4, 0.5) is 10.5 Å². The van der Waals surface area contributed by atoms with Gasteiger partial charge in [0.15, 0.2) is 0 Å². The maximum atomic E-state index is 11.5. The van der Waals surface area contributed by atoms with E-state index in [4.69, 9.17) is 5.73 Å². The van der Waals surface area contributed by atoms with Gasteiger partial charge in [0.05, 0.1) is 5.71 Å². The van der Waals surface area contributed by atoms with Crippen molar-refractivity contribution in [2.45, 2.75) is 20.8 Å². The molecule has 0 aliphatic rings. The third kappa shape index (κ3) is 3.88. The van der Waals surface area contributed by atoms with Crippen molar-refractivity contribution in [2.75, 3.05) is 11.9 Å². The van der Waals surface area contributed by atoms with Gasteiger partial charge in [-0.25, -0.2) is 4.79 Å². The summed E-state index contributed by atoms with van der Waals surface area (Å²) in [5.41, 5.74) is 8.57. The summed E-state index contributed by atoms with van der Waals surface area (Å²) in [4.78, 5) is 16.1. The zero-order chi connectivity index (χ0) is 12.8. The zero-order valence-corrected chi connectivity index (χ0v) is 10.3. The second-order valence-corrected chi connectivity index (χ2v) is 3.80. The van der Waals surface area contributed by atoms with Crippen molar-refractivity contribution in [1.82, 2.24) is 0 Å². The van der Waals surface area contributed by atoms with Gasteiger partial charge in [0.1, 0.15) is 0 Å². The van der Waals surface area contributed by atoms with Gasteiger partial charge in [-0.05, 0) is 31.9 Å². The number of para-hydroxylation sites is 1. The average Bonchev–Trinajstić information content (AvgIpc) is 2.31. The Morgan fingerprint density at radius 2 is 2.00 bits per heavy atom. The summed E-state index contributed by atoms with van der Waals surface area (Å²) in [5, 5.41) is 6.23. The number of carbonyl (C=O) groups is 1. The number of oxime groups is 1. The lowest BCUT2D eigenvalue weighted by molar-refractivity contribution is 0.166. The van der Waals surface area contributed by atoms with Crippen LogP contribution in [0.3, 0.4) is 0 Å². The normalized spacial score (nSPS) is 11.2. The Morgan fingerprint density at radius 1 is 1.41 bits per heavy atom. The molecule has 3 N–H and O–H groups in total. The molecule has 0 atom stereocenters.